The molecule has 10 rings (SSSR count). The Morgan fingerprint density at radius 1 is 0.655 bits per heavy atom. The molecule has 27 heteroatoms. The topological polar surface area (TPSA) is 287 Å². The van der Waals surface area contributed by atoms with Crippen LogP contribution < -0.4 is 5.66 Å². The Labute approximate surface area is 495 Å². The number of benzene rings is 2. The van der Waals surface area contributed by atoms with E-state index >= 15 is 0 Å². The van der Waals surface area contributed by atoms with Crippen molar-refractivity contribution >= 4 is 112 Å². The number of nitrogens with zero attached hydrogens (tertiary/aromatic N) is 4. The third-order valence-electron chi connectivity index (χ3n) is 11.2. The Morgan fingerprint density at radius 3 is 1.55 bits per heavy atom. The van der Waals surface area contributed by atoms with Crippen LogP contribution in [0.2, 0.25) is 0 Å². The number of carbonyl (C=O) groups is 7. The molecule has 2 aliphatic rings. The smallest absolute Gasteiger partial charge is 0.464 e. The Bertz CT molecular complexity index is 3640. The van der Waals surface area contributed by atoms with E-state index in [4.69, 9.17) is 52.8 Å². The molecule has 2 aliphatic heterocycles. The maximum Gasteiger partial charge on any atom is 0.526 e. The minimum Gasteiger partial charge on any atom is -0.464 e. The largest absolute Gasteiger partial charge is 0.526 e. The van der Waals surface area contributed by atoms with Crippen LogP contribution in [0.5, 0.6) is 0 Å². The van der Waals surface area contributed by atoms with Crippen LogP contribution in [0, 0.1) is 17.6 Å². The summed E-state index contributed by atoms with van der Waals surface area (Å²) < 4.78 is 66.2. The maximum absolute atomic E-state index is 13.1. The second-order valence-electron chi connectivity index (χ2n) is 16.8. The Balaban J connectivity index is 0.000000182. The van der Waals surface area contributed by atoms with Gasteiger partial charge in [-0.2, -0.15) is 0 Å². The quantitative estimate of drug-likeness (QED) is 0.0274. The number of thiocarbonyl (C=S) groups is 2. The van der Waals surface area contributed by atoms with Gasteiger partial charge in [0.2, 0.25) is 5.78 Å². The van der Waals surface area contributed by atoms with E-state index in [1.165, 1.54) is 93.2 Å². The number of hydrogen-bond donors (Lipinski definition) is 2. The third-order valence-corrected chi connectivity index (χ3v) is 12.3. The van der Waals surface area contributed by atoms with Crippen LogP contribution in [-0.4, -0.2) is 117 Å². The molecule has 1 atom stereocenters. The van der Waals surface area contributed by atoms with Gasteiger partial charge < -0.3 is 47.0 Å². The Hall–Kier alpha value is -9.54. The van der Waals surface area contributed by atoms with Crippen molar-refractivity contribution in [3.8, 4) is 22.6 Å². The number of hydrogen-bond acceptors (Lipinski definition) is 22. The molecule has 2 aromatic carbocycles. The van der Waals surface area contributed by atoms with Gasteiger partial charge in [0.25, 0.3) is 11.1 Å². The molecule has 21 nitrogen and oxygen atoms in total. The van der Waals surface area contributed by atoms with E-state index in [0.29, 0.717) is 59.6 Å². The van der Waals surface area contributed by atoms with Gasteiger partial charge in [0, 0.05) is 40.3 Å². The highest BCUT2D eigenvalue weighted by Gasteiger charge is 2.37. The highest BCUT2D eigenvalue weighted by molar-refractivity contribution is 9.10. The summed E-state index contributed by atoms with van der Waals surface area (Å²) in [5.41, 5.74) is 3.64. The maximum atomic E-state index is 13.1. The van der Waals surface area contributed by atoms with Gasteiger partial charge in [-0.15, -0.1) is 0 Å². The molecule has 430 valence electrons. The summed E-state index contributed by atoms with van der Waals surface area (Å²) in [6.45, 7) is 0.331. The molecule has 8 heterocycles. The van der Waals surface area contributed by atoms with Gasteiger partial charge in [0.15, 0.2) is 41.5 Å². The number of carbonyl (C=O) groups excluding carboxylic acids is 7. The number of furan rings is 3. The number of aldehydes is 2. The second kappa shape index (κ2) is 31.0. The van der Waals surface area contributed by atoms with Crippen molar-refractivity contribution in [2.75, 3.05) is 27.9 Å². The van der Waals surface area contributed by atoms with E-state index in [9.17, 15) is 42.3 Å². The van der Waals surface area contributed by atoms with Gasteiger partial charge in [-0.05, 0) is 155 Å². The van der Waals surface area contributed by atoms with Crippen LogP contribution in [0.15, 0.2) is 163 Å². The van der Waals surface area contributed by atoms with Gasteiger partial charge in [0.05, 0.1) is 33.8 Å². The Kier molecular flexibility index (Phi) is 23.5. The van der Waals surface area contributed by atoms with Gasteiger partial charge in [-0.25, -0.2) is 38.1 Å². The summed E-state index contributed by atoms with van der Waals surface area (Å²) in [7, 11) is 2.26. The average molecular weight is 1250 g/mol. The fourth-order valence-corrected chi connectivity index (χ4v) is 7.68. The number of aromatic nitrogens is 3. The molecule has 2 fully saturated rings. The summed E-state index contributed by atoms with van der Waals surface area (Å²) in [4.78, 5) is 91.1. The highest BCUT2D eigenvalue weighted by Crippen LogP contribution is 2.30. The first-order valence-electron chi connectivity index (χ1n) is 24.1. The van der Waals surface area contributed by atoms with Crippen molar-refractivity contribution in [2.24, 2.45) is 5.92 Å². The highest BCUT2D eigenvalue weighted by atomic mass is 79.9. The van der Waals surface area contributed by atoms with E-state index in [-0.39, 0.29) is 74.5 Å². The molecule has 1 unspecified atom stereocenters. The van der Waals surface area contributed by atoms with E-state index in [2.05, 4.69) is 49.5 Å². The molecule has 84 heavy (non-hydrogen) atoms. The molecule has 0 saturated carbocycles. The van der Waals surface area contributed by atoms with Crippen LogP contribution in [0.1, 0.15) is 69.5 Å². The Morgan fingerprint density at radius 2 is 1.13 bits per heavy atom. The number of methoxy groups -OCH3 is 3. The van der Waals surface area contributed by atoms with Crippen LogP contribution in [0.3, 0.4) is 0 Å². The fraction of sp³-hybridized carbons (Fsp3) is 0.123. The predicted molar refractivity (Wildman–Crippen MR) is 305 cm³/mol. The van der Waals surface area contributed by atoms with Gasteiger partial charge in [0.1, 0.15) is 51.7 Å². The fourth-order valence-electron chi connectivity index (χ4n) is 6.94. The number of Topliss-reactive ketones (excluding diaryl/α,β-unsaturated/α-hetero) is 1. The number of amides is 1. The minimum atomic E-state index is -1.64. The molecular weight excluding hydrogens is 1210 g/mol. The lowest BCUT2D eigenvalue weighted by atomic mass is 9.88. The van der Waals surface area contributed by atoms with Crippen molar-refractivity contribution in [3.05, 3.63) is 207 Å². The second-order valence-corrected chi connectivity index (χ2v) is 18.5. The number of pyridine rings is 3. The molecule has 1 amide bonds. The normalized spacial score (nSPS) is 13.5. The van der Waals surface area contributed by atoms with Gasteiger partial charge in [-0.3, -0.25) is 24.1 Å². The lowest BCUT2D eigenvalue weighted by Crippen LogP contribution is -2.28. The molecule has 0 aliphatic carbocycles. The van der Waals surface area contributed by atoms with Crippen LogP contribution in [0.4, 0.5) is 8.78 Å². The molecule has 0 radical (unpaired) electrons. The zero-order chi connectivity index (χ0) is 60.9. The number of allylic oxidation sites excluding steroid dienone is 1. The lowest BCUT2D eigenvalue weighted by Gasteiger charge is -2.12. The third kappa shape index (κ3) is 18.2. The monoisotopic (exact) mass is 1250 g/mol. The number of esters is 3. The van der Waals surface area contributed by atoms with Gasteiger partial charge >= 0.3 is 25.0 Å². The predicted octanol–water partition coefficient (Wildman–Crippen LogP) is 8.21. The molecule has 8 aromatic rings. The number of rotatable bonds is 13. The van der Waals surface area contributed by atoms with Crippen molar-refractivity contribution in [1.82, 2.24) is 19.9 Å². The molecule has 0 spiro atoms. The molecular formula is C57H44BBrF2N4O17S2. The first-order valence-corrected chi connectivity index (χ1v) is 25.7. The number of ether oxygens (including phenoxy) is 5. The van der Waals surface area contributed by atoms with Crippen LogP contribution in [-0.2, 0) is 46.2 Å². The lowest BCUT2D eigenvalue weighted by molar-refractivity contribution is -0.126. The minimum absolute atomic E-state index is 0.0000278. The molecule has 2 saturated heterocycles. The zero-order valence-electron chi connectivity index (χ0n) is 44.0. The summed E-state index contributed by atoms with van der Waals surface area (Å²) in [5.74, 6) is -1.26. The standard InChI is InChI=1S/C23H16FNO5S.C12H9NO4.C10H8FNO2S.C7H6BrNO2.C5H5BO4/c1-28-22(27)18-8-4-14(12-25-18)19-9-7-16(29-19)11-20-21(26)17(23(31)30-20)10-13-2-5-15(24)6-3-13;1-16-12(15)10-4-2-8(6-13-10)11-5-3-9(7-14)17-11;11-8-3-1-7(2-4-8)5-12-9(13)6-14-10(12)15;1-11-7(10)6-3-2-5(8)4-9-6;7-3-4-1-2-5(10-4)6(8)9/h2-9,11-12,17H,10H2,1H3;2-7H,1H3;1-4H,5-6H2;2-4H,1H3;1-3,8-9H/b20-11-;;;;. The summed E-state index contributed by atoms with van der Waals surface area (Å²) in [6, 6.07) is 30.9. The van der Waals surface area contributed by atoms with E-state index < -0.39 is 30.9 Å². The number of ketones is 1. The number of halogens is 3. The van der Waals surface area contributed by atoms with E-state index in [1.807, 2.05) is 0 Å². The molecule has 0 bridgehead atoms. The van der Waals surface area contributed by atoms with Crippen molar-refractivity contribution < 1.29 is 89.3 Å². The molecule has 6 aromatic heterocycles. The summed E-state index contributed by atoms with van der Waals surface area (Å²) in [5, 5.41) is 17.3. The van der Waals surface area contributed by atoms with E-state index in [1.54, 1.807) is 79.0 Å². The first kappa shape index (κ1) is 63.6. The van der Waals surface area contributed by atoms with Crippen molar-refractivity contribution in [3.63, 3.8) is 0 Å². The van der Waals surface area contributed by atoms with Crippen LogP contribution in [0.25, 0.3) is 28.7 Å². The van der Waals surface area contributed by atoms with E-state index in [0.717, 1.165) is 15.6 Å². The van der Waals surface area contributed by atoms with Crippen molar-refractivity contribution in [1.29, 1.82) is 0 Å². The van der Waals surface area contributed by atoms with Crippen LogP contribution >= 0.6 is 40.4 Å². The first-order chi connectivity index (χ1) is 40.3. The SMILES string of the molecule is COC(=O)c1ccc(-c2ccc(/C=C3\OC(=S)C(Cc4ccc(F)cc4)C3=O)o2)cn1.COC(=O)c1ccc(-c2ccc(C=O)o2)cn1.COC(=O)c1ccc(Br)cn1.O=C1COC(=S)N1Cc1ccc(F)cc1.O=Cc1ccc(B(O)O)o1. The van der Waals surface area contributed by atoms with Gasteiger partial charge in [-0.1, -0.05) is 24.3 Å². The molecule has 2 N–H and O–H groups in total. The van der Waals surface area contributed by atoms with Crippen molar-refractivity contribution in [2.45, 2.75) is 13.0 Å². The summed E-state index contributed by atoms with van der Waals surface area (Å²) >= 11 is 13.3. The summed E-state index contributed by atoms with van der Waals surface area (Å²) in [6.07, 6.45) is 7.46. The zero-order valence-corrected chi connectivity index (χ0v) is 47.3. The average Bonchev–Trinajstić information content (AvgIpc) is 4.54.